The van der Waals surface area contributed by atoms with E-state index in [1.807, 2.05) is 30.3 Å². The van der Waals surface area contributed by atoms with Crippen LogP contribution in [0.1, 0.15) is 52.0 Å². The summed E-state index contributed by atoms with van der Waals surface area (Å²) in [5.74, 6) is -2.51. The molecule has 218 valence electrons. The Labute approximate surface area is 234 Å². The van der Waals surface area contributed by atoms with Crippen LogP contribution in [-0.4, -0.2) is 83.0 Å². The molecule has 11 heteroatoms. The number of fused-ring (bicyclic) bond motifs is 2. The lowest BCUT2D eigenvalue weighted by molar-refractivity contribution is -0.145. The van der Waals surface area contributed by atoms with Crippen LogP contribution in [0.4, 0.5) is 4.79 Å². The normalized spacial score (nSPS) is 30.1. The van der Waals surface area contributed by atoms with Gasteiger partial charge in [-0.3, -0.25) is 9.59 Å². The minimum absolute atomic E-state index is 0.121. The highest BCUT2D eigenvalue weighted by Crippen LogP contribution is 2.45. The molecule has 0 bridgehead atoms. The number of amides is 3. The van der Waals surface area contributed by atoms with E-state index < -0.39 is 53.2 Å². The van der Waals surface area contributed by atoms with E-state index in [9.17, 15) is 24.3 Å². The lowest BCUT2D eigenvalue weighted by Gasteiger charge is -2.30. The van der Waals surface area contributed by atoms with Crippen molar-refractivity contribution in [3.8, 4) is 0 Å². The van der Waals surface area contributed by atoms with Crippen LogP contribution in [0.15, 0.2) is 42.5 Å². The molecule has 1 saturated heterocycles. The number of hydrogen-bond donors (Lipinski definition) is 3. The van der Waals surface area contributed by atoms with E-state index in [1.54, 1.807) is 32.9 Å². The highest BCUT2D eigenvalue weighted by atomic mass is 16.6. The number of carboxylic acids is 1. The molecular weight excluding hydrogens is 518 g/mol. The Balaban J connectivity index is 1.57. The molecule has 11 nitrogen and oxygen atoms in total. The summed E-state index contributed by atoms with van der Waals surface area (Å²) in [4.78, 5) is 53.7. The standard InChI is InChI=1S/C29H39N3O8/c1-28(2,3)40-27(37)30-22-12-8-14-38-13-7-11-20-16-29(20,26(35)36)31-24(33)23-15-21(17-32(23)25(22)34)39-18-19-9-5-4-6-10-19/h4-7,9-11,20-23H,8,12-18H2,1-3H3,(H,30,37)(H,31,33)(H,35,36)/b11-7-/t20-,21+,22-,23-,29+/m0/s1. The second kappa shape index (κ2) is 12.4. The molecule has 3 amide bonds. The molecule has 0 aromatic heterocycles. The van der Waals surface area contributed by atoms with Crippen molar-refractivity contribution in [3.63, 3.8) is 0 Å². The van der Waals surface area contributed by atoms with Crippen molar-refractivity contribution in [2.24, 2.45) is 5.92 Å². The monoisotopic (exact) mass is 557 g/mol. The molecule has 1 saturated carbocycles. The van der Waals surface area contributed by atoms with Gasteiger partial charge in [-0.1, -0.05) is 42.5 Å². The van der Waals surface area contributed by atoms with Gasteiger partial charge in [-0.05, 0) is 45.6 Å². The highest BCUT2D eigenvalue weighted by molar-refractivity contribution is 5.96. The van der Waals surface area contributed by atoms with Crippen LogP contribution >= 0.6 is 0 Å². The summed E-state index contributed by atoms with van der Waals surface area (Å²) in [7, 11) is 0. The zero-order chi connectivity index (χ0) is 28.9. The number of carbonyl (C=O) groups is 4. The number of benzene rings is 1. The predicted molar refractivity (Wildman–Crippen MR) is 144 cm³/mol. The van der Waals surface area contributed by atoms with E-state index in [4.69, 9.17) is 14.2 Å². The smallest absolute Gasteiger partial charge is 0.408 e. The van der Waals surface area contributed by atoms with Crippen molar-refractivity contribution >= 4 is 23.9 Å². The number of carboxylic acid groups (broad SMARTS) is 1. The van der Waals surface area contributed by atoms with Gasteiger partial charge < -0.3 is 34.9 Å². The van der Waals surface area contributed by atoms with Crippen LogP contribution in [-0.2, 0) is 35.2 Å². The number of nitrogens with one attached hydrogen (secondary N) is 2. The largest absolute Gasteiger partial charge is 0.479 e. The maximum absolute atomic E-state index is 13.9. The number of carbonyl (C=O) groups excluding carboxylic acids is 3. The van der Waals surface area contributed by atoms with Crippen LogP contribution in [0.3, 0.4) is 0 Å². The van der Waals surface area contributed by atoms with Crippen molar-refractivity contribution in [2.45, 2.75) is 82.4 Å². The van der Waals surface area contributed by atoms with Gasteiger partial charge in [-0.15, -0.1) is 0 Å². The van der Waals surface area contributed by atoms with Crippen LogP contribution < -0.4 is 10.6 Å². The van der Waals surface area contributed by atoms with E-state index in [0.29, 0.717) is 19.6 Å². The summed E-state index contributed by atoms with van der Waals surface area (Å²) >= 11 is 0. The van der Waals surface area contributed by atoms with Gasteiger partial charge in [-0.25, -0.2) is 9.59 Å². The zero-order valence-corrected chi connectivity index (χ0v) is 23.3. The Hall–Kier alpha value is -3.44. The first kappa shape index (κ1) is 29.5. The number of aliphatic carboxylic acids is 1. The average Bonchev–Trinajstić information content (AvgIpc) is 3.41. The zero-order valence-electron chi connectivity index (χ0n) is 23.3. The first-order chi connectivity index (χ1) is 19.0. The molecule has 1 aromatic carbocycles. The summed E-state index contributed by atoms with van der Waals surface area (Å²) in [5, 5.41) is 15.3. The molecule has 0 radical (unpaired) electrons. The molecule has 40 heavy (non-hydrogen) atoms. The molecular formula is C29H39N3O8. The number of alkyl carbamates (subject to hydrolysis) is 1. The van der Waals surface area contributed by atoms with Crippen LogP contribution in [0.25, 0.3) is 0 Å². The van der Waals surface area contributed by atoms with E-state index in [2.05, 4.69) is 10.6 Å². The second-order valence-electron chi connectivity index (χ2n) is 11.6. The summed E-state index contributed by atoms with van der Waals surface area (Å²) in [6.07, 6.45) is 3.49. The Morgan fingerprint density at radius 2 is 1.98 bits per heavy atom. The molecule has 2 aliphatic heterocycles. The fraction of sp³-hybridized carbons (Fsp3) is 0.586. The maximum Gasteiger partial charge on any atom is 0.408 e. The second-order valence-corrected chi connectivity index (χ2v) is 11.6. The molecule has 4 rings (SSSR count). The molecule has 1 aliphatic carbocycles. The number of nitrogens with zero attached hydrogens (tertiary/aromatic N) is 1. The average molecular weight is 558 g/mol. The predicted octanol–water partition coefficient (Wildman–Crippen LogP) is 2.39. The topological polar surface area (TPSA) is 144 Å². The quantitative estimate of drug-likeness (QED) is 0.469. The fourth-order valence-corrected chi connectivity index (χ4v) is 5.13. The molecule has 5 atom stereocenters. The fourth-order valence-electron chi connectivity index (χ4n) is 5.13. The summed E-state index contributed by atoms with van der Waals surface area (Å²) in [6.45, 7) is 6.21. The Morgan fingerprint density at radius 3 is 2.67 bits per heavy atom. The van der Waals surface area contributed by atoms with Crippen molar-refractivity contribution < 1.29 is 38.5 Å². The van der Waals surface area contributed by atoms with Crippen molar-refractivity contribution in [1.82, 2.24) is 15.5 Å². The molecule has 0 unspecified atom stereocenters. The lowest BCUT2D eigenvalue weighted by Crippen LogP contribution is -2.56. The molecule has 0 spiro atoms. The van der Waals surface area contributed by atoms with E-state index >= 15 is 0 Å². The van der Waals surface area contributed by atoms with Gasteiger partial charge in [0.05, 0.1) is 19.3 Å². The first-order valence-corrected chi connectivity index (χ1v) is 13.7. The summed E-state index contributed by atoms with van der Waals surface area (Å²) in [5.41, 5.74) is -1.25. The van der Waals surface area contributed by atoms with Crippen LogP contribution in [0.5, 0.6) is 0 Å². The molecule has 3 aliphatic rings. The van der Waals surface area contributed by atoms with Gasteiger partial charge in [0.2, 0.25) is 11.8 Å². The Morgan fingerprint density at radius 1 is 1.23 bits per heavy atom. The van der Waals surface area contributed by atoms with Crippen LogP contribution in [0, 0.1) is 5.92 Å². The van der Waals surface area contributed by atoms with Crippen molar-refractivity contribution in [1.29, 1.82) is 0 Å². The van der Waals surface area contributed by atoms with Gasteiger partial charge in [0, 0.05) is 25.5 Å². The van der Waals surface area contributed by atoms with E-state index in [-0.39, 0.29) is 38.3 Å². The maximum atomic E-state index is 13.9. The molecule has 3 N–H and O–H groups in total. The van der Waals surface area contributed by atoms with Crippen LogP contribution in [0.2, 0.25) is 0 Å². The third-order valence-corrected chi connectivity index (χ3v) is 7.27. The van der Waals surface area contributed by atoms with Gasteiger partial charge in [0.15, 0.2) is 0 Å². The summed E-state index contributed by atoms with van der Waals surface area (Å²) < 4.78 is 17.1. The van der Waals surface area contributed by atoms with E-state index in [0.717, 1.165) is 5.56 Å². The lowest BCUT2D eigenvalue weighted by atomic mass is 10.1. The Bertz CT molecular complexity index is 1120. The Kier molecular flexibility index (Phi) is 9.15. The minimum Gasteiger partial charge on any atom is -0.479 e. The highest BCUT2D eigenvalue weighted by Gasteiger charge is 2.61. The van der Waals surface area contributed by atoms with Crippen molar-refractivity contribution in [2.75, 3.05) is 19.8 Å². The van der Waals surface area contributed by atoms with Gasteiger partial charge in [0.25, 0.3) is 0 Å². The van der Waals surface area contributed by atoms with Gasteiger partial charge in [0.1, 0.15) is 23.2 Å². The summed E-state index contributed by atoms with van der Waals surface area (Å²) in [6, 6.07) is 7.62. The number of rotatable bonds is 5. The van der Waals surface area contributed by atoms with Crippen molar-refractivity contribution in [3.05, 3.63) is 48.0 Å². The first-order valence-electron chi connectivity index (χ1n) is 13.7. The van der Waals surface area contributed by atoms with Gasteiger partial charge >= 0.3 is 12.1 Å². The molecule has 2 fully saturated rings. The third kappa shape index (κ3) is 7.39. The van der Waals surface area contributed by atoms with E-state index in [1.165, 1.54) is 4.90 Å². The third-order valence-electron chi connectivity index (χ3n) is 7.27. The molecule has 1 aromatic rings. The minimum atomic E-state index is -1.43. The number of ether oxygens (including phenoxy) is 3. The SMILES string of the molecule is CC(C)(C)OC(=O)N[C@H]1CCCOC/C=C\[C@H]2C[C@@]2(C(=O)O)NC(=O)[C@@H]2C[C@@H](OCc3ccccc3)CN2C1=O. The van der Waals surface area contributed by atoms with Gasteiger partial charge in [-0.2, -0.15) is 0 Å². The number of hydrogen-bond acceptors (Lipinski definition) is 7. The molecule has 2 heterocycles.